The topological polar surface area (TPSA) is 72.6 Å². The number of hydrogen-bond donors (Lipinski definition) is 1. The first-order valence-electron chi connectivity index (χ1n) is 7.55. The van der Waals surface area contributed by atoms with Gasteiger partial charge in [0.25, 0.3) is 5.91 Å². The normalized spacial score (nSPS) is 10.3. The van der Waals surface area contributed by atoms with Crippen molar-refractivity contribution in [1.82, 2.24) is 0 Å². The number of esters is 1. The van der Waals surface area contributed by atoms with Crippen molar-refractivity contribution in [2.75, 3.05) is 5.01 Å². The van der Waals surface area contributed by atoms with Crippen molar-refractivity contribution in [2.24, 2.45) is 5.84 Å². The Labute approximate surface area is 149 Å². The number of anilines is 1. The maximum absolute atomic E-state index is 12.6. The van der Waals surface area contributed by atoms with Crippen LogP contribution >= 0.6 is 11.3 Å². The van der Waals surface area contributed by atoms with E-state index in [-0.39, 0.29) is 5.91 Å². The van der Waals surface area contributed by atoms with Crippen LogP contribution < -0.4 is 15.6 Å². The van der Waals surface area contributed by atoms with E-state index in [1.807, 2.05) is 35.0 Å². The van der Waals surface area contributed by atoms with Crippen molar-refractivity contribution < 1.29 is 14.3 Å². The van der Waals surface area contributed by atoms with Gasteiger partial charge in [0.1, 0.15) is 5.75 Å². The number of rotatable bonds is 4. The van der Waals surface area contributed by atoms with Crippen molar-refractivity contribution in [3.63, 3.8) is 0 Å². The van der Waals surface area contributed by atoms with Gasteiger partial charge in [-0.1, -0.05) is 12.1 Å². The molecule has 0 unspecified atom stereocenters. The smallest absolute Gasteiger partial charge is 0.308 e. The zero-order valence-corrected chi connectivity index (χ0v) is 14.3. The zero-order valence-electron chi connectivity index (χ0n) is 13.5. The first-order chi connectivity index (χ1) is 12.0. The van der Waals surface area contributed by atoms with Gasteiger partial charge in [-0.2, -0.15) is 11.3 Å². The Morgan fingerprint density at radius 3 is 2.44 bits per heavy atom. The fourth-order valence-electron chi connectivity index (χ4n) is 2.35. The van der Waals surface area contributed by atoms with Crippen molar-refractivity contribution in [3.05, 3.63) is 70.9 Å². The Kier molecular flexibility index (Phi) is 4.92. The third-order valence-electron chi connectivity index (χ3n) is 3.56. The van der Waals surface area contributed by atoms with Gasteiger partial charge in [0.05, 0.1) is 5.69 Å². The first kappa shape index (κ1) is 16.9. The van der Waals surface area contributed by atoms with E-state index in [4.69, 9.17) is 10.6 Å². The molecule has 0 saturated carbocycles. The molecule has 1 heterocycles. The van der Waals surface area contributed by atoms with E-state index in [2.05, 4.69) is 0 Å². The quantitative estimate of drug-likeness (QED) is 0.254. The van der Waals surface area contributed by atoms with Crippen LogP contribution in [0.25, 0.3) is 11.1 Å². The second-order valence-corrected chi connectivity index (χ2v) is 6.14. The molecule has 0 fully saturated rings. The molecule has 3 aromatic rings. The number of ether oxygens (including phenoxy) is 1. The minimum atomic E-state index is -0.412. The van der Waals surface area contributed by atoms with E-state index in [9.17, 15) is 9.59 Å². The van der Waals surface area contributed by atoms with Crippen molar-refractivity contribution in [2.45, 2.75) is 6.92 Å². The molecule has 5 nitrogen and oxygen atoms in total. The van der Waals surface area contributed by atoms with E-state index in [1.54, 1.807) is 41.7 Å². The first-order valence-corrected chi connectivity index (χ1v) is 8.49. The molecule has 2 aromatic carbocycles. The molecule has 0 spiro atoms. The largest absolute Gasteiger partial charge is 0.427 e. The summed E-state index contributed by atoms with van der Waals surface area (Å²) >= 11 is 1.61. The maximum Gasteiger partial charge on any atom is 0.308 e. The summed E-state index contributed by atoms with van der Waals surface area (Å²) in [4.78, 5) is 23.5. The summed E-state index contributed by atoms with van der Waals surface area (Å²) in [6.45, 7) is 1.32. The number of carbonyl (C=O) groups excluding carboxylic acids is 2. The molecule has 0 aliphatic heterocycles. The van der Waals surface area contributed by atoms with E-state index < -0.39 is 5.97 Å². The van der Waals surface area contributed by atoms with Gasteiger partial charge < -0.3 is 4.74 Å². The highest BCUT2D eigenvalue weighted by Crippen LogP contribution is 2.26. The maximum atomic E-state index is 12.6. The van der Waals surface area contributed by atoms with Crippen LogP contribution in [-0.4, -0.2) is 11.9 Å². The minimum Gasteiger partial charge on any atom is -0.427 e. The summed E-state index contributed by atoms with van der Waals surface area (Å²) in [6, 6.07) is 15.8. The predicted molar refractivity (Wildman–Crippen MR) is 98.5 cm³/mol. The molecule has 1 amide bonds. The Morgan fingerprint density at radius 2 is 1.80 bits per heavy atom. The number of thiophene rings is 1. The van der Waals surface area contributed by atoms with Crippen LogP contribution in [0.2, 0.25) is 0 Å². The van der Waals surface area contributed by atoms with Crippen LogP contribution in [0.15, 0.2) is 65.4 Å². The van der Waals surface area contributed by atoms with Crippen LogP contribution in [0.1, 0.15) is 17.3 Å². The molecule has 0 aliphatic carbocycles. The standard InChI is InChI=1S/C19H16N2O3S/c1-13(22)24-18-7-5-14(6-8-18)19(23)21(20)17-4-2-3-15(11-17)16-9-10-25-12-16/h2-12H,20H2,1H3. The highest BCUT2D eigenvalue weighted by atomic mass is 32.1. The van der Waals surface area contributed by atoms with Crippen LogP contribution in [-0.2, 0) is 4.79 Å². The van der Waals surface area contributed by atoms with E-state index >= 15 is 0 Å². The van der Waals surface area contributed by atoms with Crippen molar-refractivity contribution in [1.29, 1.82) is 0 Å². The van der Waals surface area contributed by atoms with Gasteiger partial charge in [0, 0.05) is 12.5 Å². The fourth-order valence-corrected chi connectivity index (χ4v) is 3.02. The summed E-state index contributed by atoms with van der Waals surface area (Å²) in [5.74, 6) is 5.63. The number of benzene rings is 2. The second kappa shape index (κ2) is 7.29. The highest BCUT2D eigenvalue weighted by Gasteiger charge is 2.15. The van der Waals surface area contributed by atoms with Crippen LogP contribution in [0.5, 0.6) is 5.75 Å². The fraction of sp³-hybridized carbons (Fsp3) is 0.0526. The van der Waals surface area contributed by atoms with E-state index in [0.29, 0.717) is 17.0 Å². The summed E-state index contributed by atoms with van der Waals surface area (Å²) in [7, 11) is 0. The van der Waals surface area contributed by atoms with Gasteiger partial charge in [0.15, 0.2) is 0 Å². The molecule has 0 bridgehead atoms. The molecule has 3 rings (SSSR count). The van der Waals surface area contributed by atoms with E-state index in [0.717, 1.165) is 16.1 Å². The number of nitrogens with zero attached hydrogens (tertiary/aromatic N) is 1. The Hall–Kier alpha value is -2.96. The molecule has 0 saturated heterocycles. The Balaban J connectivity index is 1.80. The summed E-state index contributed by atoms with van der Waals surface area (Å²) < 4.78 is 4.96. The molecule has 0 atom stereocenters. The number of amides is 1. The summed E-state index contributed by atoms with van der Waals surface area (Å²) in [6.07, 6.45) is 0. The molecule has 0 aliphatic rings. The molecule has 25 heavy (non-hydrogen) atoms. The monoisotopic (exact) mass is 352 g/mol. The molecule has 1 aromatic heterocycles. The lowest BCUT2D eigenvalue weighted by Gasteiger charge is -2.17. The highest BCUT2D eigenvalue weighted by molar-refractivity contribution is 7.08. The molecule has 0 radical (unpaired) electrons. The van der Waals surface area contributed by atoms with Gasteiger partial charge in [-0.15, -0.1) is 0 Å². The van der Waals surface area contributed by atoms with Gasteiger partial charge in [-0.3, -0.25) is 9.59 Å². The van der Waals surface area contributed by atoms with Gasteiger partial charge >= 0.3 is 5.97 Å². The van der Waals surface area contributed by atoms with Crippen LogP contribution in [0.4, 0.5) is 5.69 Å². The van der Waals surface area contributed by atoms with Crippen LogP contribution in [0.3, 0.4) is 0 Å². The second-order valence-electron chi connectivity index (χ2n) is 5.36. The average molecular weight is 352 g/mol. The molecule has 126 valence electrons. The Morgan fingerprint density at radius 1 is 1.04 bits per heavy atom. The number of hydrogen-bond acceptors (Lipinski definition) is 5. The number of hydrazine groups is 1. The van der Waals surface area contributed by atoms with Crippen molar-refractivity contribution >= 4 is 28.9 Å². The van der Waals surface area contributed by atoms with Crippen molar-refractivity contribution in [3.8, 4) is 16.9 Å². The predicted octanol–water partition coefficient (Wildman–Crippen LogP) is 3.86. The lowest BCUT2D eigenvalue weighted by molar-refractivity contribution is -0.131. The van der Waals surface area contributed by atoms with Crippen LogP contribution in [0, 0.1) is 0 Å². The molecule has 2 N–H and O–H groups in total. The van der Waals surface area contributed by atoms with Gasteiger partial charge in [-0.25, -0.2) is 10.9 Å². The molecule has 6 heteroatoms. The summed E-state index contributed by atoms with van der Waals surface area (Å²) in [5.41, 5.74) is 3.07. The van der Waals surface area contributed by atoms with Gasteiger partial charge in [0.2, 0.25) is 0 Å². The lowest BCUT2D eigenvalue weighted by atomic mass is 10.1. The van der Waals surface area contributed by atoms with E-state index in [1.165, 1.54) is 6.92 Å². The number of nitrogens with two attached hydrogens (primary N) is 1. The lowest BCUT2D eigenvalue weighted by Crippen LogP contribution is -2.37. The van der Waals surface area contributed by atoms with Gasteiger partial charge in [-0.05, 0) is 64.4 Å². The third kappa shape index (κ3) is 3.93. The minimum absolute atomic E-state index is 0.350. The molecular formula is C19H16N2O3S. The Bertz CT molecular complexity index is 889. The zero-order chi connectivity index (χ0) is 17.8. The average Bonchev–Trinajstić information content (AvgIpc) is 3.15. The summed E-state index contributed by atoms with van der Waals surface area (Å²) in [5, 5.41) is 5.14. The molecular weight excluding hydrogens is 336 g/mol. The number of carbonyl (C=O) groups is 2. The third-order valence-corrected chi connectivity index (χ3v) is 4.24. The SMILES string of the molecule is CC(=O)Oc1ccc(C(=O)N(N)c2cccc(-c3ccsc3)c2)cc1.